The van der Waals surface area contributed by atoms with Crippen molar-refractivity contribution >= 4 is 17.3 Å². The Hall–Kier alpha value is -2.53. The van der Waals surface area contributed by atoms with E-state index in [9.17, 15) is 4.79 Å². The van der Waals surface area contributed by atoms with Gasteiger partial charge in [0.1, 0.15) is 5.75 Å². The SMILES string of the molecule is Cc1cccc(OCCCC(=O)Nc2ccc(N3CCOCC3)cc2)c1C. The Labute approximate surface area is 161 Å². The van der Waals surface area contributed by atoms with Crippen LogP contribution < -0.4 is 15.0 Å². The molecule has 1 N–H and O–H groups in total. The molecule has 0 bridgehead atoms. The van der Waals surface area contributed by atoms with Crippen LogP contribution in [-0.4, -0.2) is 38.8 Å². The fourth-order valence-corrected chi connectivity index (χ4v) is 3.10. The molecule has 0 unspecified atom stereocenters. The first-order chi connectivity index (χ1) is 13.1. The highest BCUT2D eigenvalue weighted by Gasteiger charge is 2.11. The second-order valence-electron chi connectivity index (χ2n) is 6.84. The third kappa shape index (κ3) is 5.47. The van der Waals surface area contributed by atoms with Crippen molar-refractivity contribution in [1.82, 2.24) is 0 Å². The molecule has 1 heterocycles. The fraction of sp³-hybridized carbons (Fsp3) is 0.409. The molecular formula is C22H28N2O3. The molecule has 1 saturated heterocycles. The minimum Gasteiger partial charge on any atom is -0.493 e. The number of anilines is 2. The van der Waals surface area contributed by atoms with E-state index in [2.05, 4.69) is 30.1 Å². The summed E-state index contributed by atoms with van der Waals surface area (Å²) in [6.07, 6.45) is 1.13. The van der Waals surface area contributed by atoms with Crippen molar-refractivity contribution in [2.75, 3.05) is 43.1 Å². The number of amides is 1. The van der Waals surface area contributed by atoms with Crippen LogP contribution in [0, 0.1) is 13.8 Å². The van der Waals surface area contributed by atoms with E-state index in [4.69, 9.17) is 9.47 Å². The van der Waals surface area contributed by atoms with E-state index in [-0.39, 0.29) is 5.91 Å². The average Bonchev–Trinajstić information content (AvgIpc) is 2.69. The predicted octanol–water partition coefficient (Wildman–Crippen LogP) is 3.94. The number of aryl methyl sites for hydroxylation is 1. The van der Waals surface area contributed by atoms with Gasteiger partial charge in [-0.25, -0.2) is 0 Å². The smallest absolute Gasteiger partial charge is 0.224 e. The summed E-state index contributed by atoms with van der Waals surface area (Å²) >= 11 is 0. The Morgan fingerprint density at radius 1 is 1.11 bits per heavy atom. The topological polar surface area (TPSA) is 50.8 Å². The number of nitrogens with zero attached hydrogens (tertiary/aromatic N) is 1. The van der Waals surface area contributed by atoms with E-state index in [0.29, 0.717) is 19.4 Å². The highest BCUT2D eigenvalue weighted by molar-refractivity contribution is 5.90. The van der Waals surface area contributed by atoms with Crippen molar-refractivity contribution < 1.29 is 14.3 Å². The van der Waals surface area contributed by atoms with Crippen LogP contribution in [0.25, 0.3) is 0 Å². The van der Waals surface area contributed by atoms with Crippen molar-refractivity contribution in [2.45, 2.75) is 26.7 Å². The molecule has 144 valence electrons. The zero-order valence-corrected chi connectivity index (χ0v) is 16.2. The van der Waals surface area contributed by atoms with Crippen LogP contribution in [0.2, 0.25) is 0 Å². The number of nitrogens with one attached hydrogen (secondary N) is 1. The minimum absolute atomic E-state index is 0.0127. The number of ether oxygens (including phenoxy) is 2. The quantitative estimate of drug-likeness (QED) is 0.752. The Balaban J connectivity index is 1.40. The van der Waals surface area contributed by atoms with Crippen LogP contribution in [0.15, 0.2) is 42.5 Å². The second kappa shape index (κ2) is 9.42. The highest BCUT2D eigenvalue weighted by Crippen LogP contribution is 2.21. The van der Waals surface area contributed by atoms with Gasteiger partial charge in [-0.2, -0.15) is 0 Å². The lowest BCUT2D eigenvalue weighted by Gasteiger charge is -2.28. The maximum absolute atomic E-state index is 12.1. The van der Waals surface area contributed by atoms with Crippen LogP contribution in [0.4, 0.5) is 11.4 Å². The van der Waals surface area contributed by atoms with Crippen LogP contribution in [0.1, 0.15) is 24.0 Å². The Bertz CT molecular complexity index is 753. The first kappa shape index (κ1) is 19.2. The van der Waals surface area contributed by atoms with Crippen LogP contribution >= 0.6 is 0 Å². The van der Waals surface area contributed by atoms with Crippen molar-refractivity contribution in [1.29, 1.82) is 0 Å². The molecule has 2 aromatic rings. The maximum Gasteiger partial charge on any atom is 0.224 e. The number of rotatable bonds is 7. The van der Waals surface area contributed by atoms with Crippen molar-refractivity contribution in [3.63, 3.8) is 0 Å². The molecule has 1 fully saturated rings. The molecule has 0 atom stereocenters. The van der Waals surface area contributed by atoms with Crippen molar-refractivity contribution in [3.05, 3.63) is 53.6 Å². The Morgan fingerprint density at radius 3 is 2.59 bits per heavy atom. The molecule has 27 heavy (non-hydrogen) atoms. The number of morpholine rings is 1. The van der Waals surface area contributed by atoms with Gasteiger partial charge in [0, 0.05) is 30.9 Å². The zero-order valence-electron chi connectivity index (χ0n) is 16.2. The van der Waals surface area contributed by atoms with E-state index >= 15 is 0 Å². The summed E-state index contributed by atoms with van der Waals surface area (Å²) in [4.78, 5) is 14.4. The van der Waals surface area contributed by atoms with E-state index in [1.807, 2.05) is 36.4 Å². The number of benzene rings is 2. The molecule has 0 spiro atoms. The molecule has 1 aliphatic rings. The predicted molar refractivity (Wildman–Crippen MR) is 109 cm³/mol. The Morgan fingerprint density at radius 2 is 1.85 bits per heavy atom. The number of hydrogen-bond acceptors (Lipinski definition) is 4. The van der Waals surface area contributed by atoms with Gasteiger partial charge in [-0.3, -0.25) is 4.79 Å². The van der Waals surface area contributed by atoms with Crippen molar-refractivity contribution in [2.24, 2.45) is 0 Å². The van der Waals surface area contributed by atoms with Gasteiger partial charge in [-0.05, 0) is 61.7 Å². The van der Waals surface area contributed by atoms with Gasteiger partial charge < -0.3 is 19.7 Å². The number of carbonyl (C=O) groups is 1. The average molecular weight is 368 g/mol. The van der Waals surface area contributed by atoms with Crippen molar-refractivity contribution in [3.8, 4) is 5.75 Å². The summed E-state index contributed by atoms with van der Waals surface area (Å²) in [5, 5.41) is 2.95. The molecule has 5 heteroatoms. The molecule has 0 saturated carbocycles. The van der Waals surface area contributed by atoms with E-state index < -0.39 is 0 Å². The van der Waals surface area contributed by atoms with E-state index in [1.54, 1.807) is 0 Å². The van der Waals surface area contributed by atoms with E-state index in [0.717, 1.165) is 43.3 Å². The third-order valence-electron chi connectivity index (χ3n) is 4.89. The van der Waals surface area contributed by atoms with Gasteiger partial charge in [0.25, 0.3) is 0 Å². The van der Waals surface area contributed by atoms with E-state index in [1.165, 1.54) is 11.3 Å². The summed E-state index contributed by atoms with van der Waals surface area (Å²) in [6, 6.07) is 14.0. The molecular weight excluding hydrogens is 340 g/mol. The summed E-state index contributed by atoms with van der Waals surface area (Å²) in [5.41, 5.74) is 4.36. The van der Waals surface area contributed by atoms with Gasteiger partial charge in [0.05, 0.1) is 19.8 Å². The fourth-order valence-electron chi connectivity index (χ4n) is 3.10. The molecule has 1 aliphatic heterocycles. The van der Waals surface area contributed by atoms with Crippen LogP contribution in [0.3, 0.4) is 0 Å². The van der Waals surface area contributed by atoms with Gasteiger partial charge in [0.2, 0.25) is 5.91 Å². The molecule has 5 nitrogen and oxygen atoms in total. The number of carbonyl (C=O) groups excluding carboxylic acids is 1. The van der Waals surface area contributed by atoms with Gasteiger partial charge in [-0.1, -0.05) is 12.1 Å². The lowest BCUT2D eigenvalue weighted by atomic mass is 10.1. The van der Waals surface area contributed by atoms with Gasteiger partial charge in [0.15, 0.2) is 0 Å². The van der Waals surface area contributed by atoms with Gasteiger partial charge >= 0.3 is 0 Å². The normalized spacial score (nSPS) is 14.1. The lowest BCUT2D eigenvalue weighted by molar-refractivity contribution is -0.116. The lowest BCUT2D eigenvalue weighted by Crippen LogP contribution is -2.36. The molecule has 0 radical (unpaired) electrons. The van der Waals surface area contributed by atoms with Crippen LogP contribution in [-0.2, 0) is 9.53 Å². The van der Waals surface area contributed by atoms with Gasteiger partial charge in [-0.15, -0.1) is 0 Å². The standard InChI is InChI=1S/C22H28N2O3/c1-17-5-3-6-21(18(17)2)27-14-4-7-22(25)23-19-8-10-20(11-9-19)24-12-15-26-16-13-24/h3,5-6,8-11H,4,7,12-16H2,1-2H3,(H,23,25). The molecule has 0 aromatic heterocycles. The Kier molecular flexibility index (Phi) is 6.71. The molecule has 0 aliphatic carbocycles. The second-order valence-corrected chi connectivity index (χ2v) is 6.84. The first-order valence-electron chi connectivity index (χ1n) is 9.55. The minimum atomic E-state index is 0.0127. The first-order valence-corrected chi connectivity index (χ1v) is 9.55. The summed E-state index contributed by atoms with van der Waals surface area (Å²) in [7, 11) is 0. The summed E-state index contributed by atoms with van der Waals surface area (Å²) in [6.45, 7) is 8.01. The summed E-state index contributed by atoms with van der Waals surface area (Å²) in [5.74, 6) is 0.910. The molecule has 3 rings (SSSR count). The summed E-state index contributed by atoms with van der Waals surface area (Å²) < 4.78 is 11.2. The number of hydrogen-bond donors (Lipinski definition) is 1. The molecule has 2 aromatic carbocycles. The molecule has 1 amide bonds. The third-order valence-corrected chi connectivity index (χ3v) is 4.89. The maximum atomic E-state index is 12.1. The largest absolute Gasteiger partial charge is 0.493 e. The zero-order chi connectivity index (χ0) is 19.1. The monoisotopic (exact) mass is 368 g/mol. The van der Waals surface area contributed by atoms with Crippen LogP contribution in [0.5, 0.6) is 5.75 Å². The highest BCUT2D eigenvalue weighted by atomic mass is 16.5.